The highest BCUT2D eigenvalue weighted by atomic mass is 35.5. The molecule has 7 N–H and O–H groups in total. The molecule has 0 bridgehead atoms. The molecule has 4 aliphatic rings. The smallest absolute Gasteiger partial charge is 0.224 e. The highest BCUT2D eigenvalue weighted by Crippen LogP contribution is 2.35. The van der Waals surface area contributed by atoms with E-state index in [2.05, 4.69) is 66.1 Å². The van der Waals surface area contributed by atoms with Crippen molar-refractivity contribution in [1.29, 1.82) is 0 Å². The molecule has 2 fully saturated rings. The molecule has 2 saturated heterocycles. The number of rotatable bonds is 5. The van der Waals surface area contributed by atoms with Gasteiger partial charge in [0.25, 0.3) is 0 Å². The van der Waals surface area contributed by atoms with E-state index in [9.17, 15) is 5.11 Å². The van der Waals surface area contributed by atoms with E-state index in [0.29, 0.717) is 17.2 Å². The van der Waals surface area contributed by atoms with Crippen molar-refractivity contribution in [3.05, 3.63) is 42.1 Å². The van der Waals surface area contributed by atoms with Gasteiger partial charge in [0.2, 0.25) is 11.9 Å². The molecule has 2 aliphatic heterocycles. The molecule has 6 heterocycles. The Morgan fingerprint density at radius 1 is 0.822 bits per heavy atom. The number of aliphatic hydroxyl groups is 2. The van der Waals surface area contributed by atoms with Crippen molar-refractivity contribution in [1.82, 2.24) is 44.4 Å². The van der Waals surface area contributed by atoms with Crippen LogP contribution in [0.4, 0.5) is 17.7 Å². The number of hydrogen-bond acceptors (Lipinski definition) is 12. The Morgan fingerprint density at radius 3 is 1.80 bits per heavy atom. The largest absolute Gasteiger partial charge is 0.396 e. The zero-order valence-corrected chi connectivity index (χ0v) is 26.3. The number of halogens is 1. The summed E-state index contributed by atoms with van der Waals surface area (Å²) in [4.78, 5) is 27.8. The monoisotopic (exact) mass is 636 g/mol. The first-order valence-electron chi connectivity index (χ1n) is 15.5. The van der Waals surface area contributed by atoms with Crippen LogP contribution in [0.3, 0.4) is 0 Å². The number of nitrogen functional groups attached to an aromatic ring is 2. The van der Waals surface area contributed by atoms with Gasteiger partial charge in [-0.05, 0) is 46.1 Å². The molecule has 240 valence electrons. The fraction of sp³-hybridized carbons (Fsp3) is 0.533. The Labute approximate surface area is 266 Å². The zero-order valence-electron chi connectivity index (χ0n) is 25.5. The van der Waals surface area contributed by atoms with Crippen LogP contribution in [0.1, 0.15) is 51.6 Å². The zero-order chi connectivity index (χ0) is 31.7. The van der Waals surface area contributed by atoms with Crippen LogP contribution in [0, 0.1) is 11.8 Å². The molecule has 0 aromatic carbocycles. The molecular weight excluding hydrogens is 596 g/mol. The lowest BCUT2D eigenvalue weighted by atomic mass is 10.1. The molecule has 6 atom stereocenters. The van der Waals surface area contributed by atoms with Crippen molar-refractivity contribution < 1.29 is 10.2 Å². The van der Waals surface area contributed by atoms with E-state index in [-0.39, 0.29) is 54.2 Å². The number of fused-ring (bicyclic) bond motifs is 2. The molecule has 8 rings (SSSR count). The summed E-state index contributed by atoms with van der Waals surface area (Å²) in [6.45, 7) is 6.92. The molecule has 14 nitrogen and oxygen atoms in total. The topological polar surface area (TPSA) is 195 Å². The van der Waals surface area contributed by atoms with Gasteiger partial charge in [0.1, 0.15) is 5.52 Å². The minimum Gasteiger partial charge on any atom is -0.396 e. The summed E-state index contributed by atoms with van der Waals surface area (Å²) in [6.07, 6.45) is 15.9. The summed E-state index contributed by atoms with van der Waals surface area (Å²) in [5.41, 5.74) is 14.3. The molecule has 0 amide bonds. The van der Waals surface area contributed by atoms with Gasteiger partial charge >= 0.3 is 0 Å². The molecule has 0 spiro atoms. The minimum absolute atomic E-state index is 0.123. The Balaban J connectivity index is 0.000000139. The number of nitrogens with one attached hydrogen (secondary N) is 1. The van der Waals surface area contributed by atoms with Crippen molar-refractivity contribution in [2.45, 2.75) is 63.7 Å². The van der Waals surface area contributed by atoms with Crippen LogP contribution in [0.2, 0.25) is 5.15 Å². The second kappa shape index (κ2) is 13.3. The van der Waals surface area contributed by atoms with Crippen LogP contribution in [0.15, 0.2) is 37.0 Å². The van der Waals surface area contributed by atoms with Crippen LogP contribution in [-0.4, -0.2) is 87.6 Å². The highest BCUT2D eigenvalue weighted by molar-refractivity contribution is 6.33. The van der Waals surface area contributed by atoms with Crippen molar-refractivity contribution in [2.24, 2.45) is 11.8 Å². The van der Waals surface area contributed by atoms with Gasteiger partial charge in [-0.1, -0.05) is 35.9 Å². The van der Waals surface area contributed by atoms with E-state index >= 15 is 0 Å². The number of aromatic nitrogens is 8. The van der Waals surface area contributed by atoms with Gasteiger partial charge < -0.3 is 41.0 Å². The first kappa shape index (κ1) is 31.1. The minimum atomic E-state index is 0.123. The number of hydrogen-bond donors (Lipinski definition) is 5. The van der Waals surface area contributed by atoms with Gasteiger partial charge in [-0.2, -0.15) is 19.9 Å². The molecular formula is C30H41ClN12O2. The number of nitrogens with two attached hydrogens (primary N) is 2. The fourth-order valence-corrected chi connectivity index (χ4v) is 6.17. The summed E-state index contributed by atoms with van der Waals surface area (Å²) >= 11 is 5.97. The Kier molecular flexibility index (Phi) is 9.17. The van der Waals surface area contributed by atoms with E-state index in [4.69, 9.17) is 28.2 Å². The summed E-state index contributed by atoms with van der Waals surface area (Å²) in [5, 5.41) is 21.9. The Hall–Kier alpha value is -3.85. The third-order valence-corrected chi connectivity index (χ3v) is 9.22. The summed E-state index contributed by atoms with van der Waals surface area (Å²) < 4.78 is 3.94. The average Bonchev–Trinajstić information content (AvgIpc) is 3.81. The second-order valence-electron chi connectivity index (χ2n) is 12.2. The van der Waals surface area contributed by atoms with Crippen LogP contribution < -0.4 is 21.7 Å². The maximum absolute atomic E-state index is 9.30. The number of anilines is 3. The Morgan fingerprint density at radius 2 is 1.36 bits per heavy atom. The van der Waals surface area contributed by atoms with E-state index in [0.717, 1.165) is 48.8 Å². The maximum atomic E-state index is 9.30. The average molecular weight is 637 g/mol. The molecule has 45 heavy (non-hydrogen) atoms. The first-order chi connectivity index (χ1) is 21.7. The molecule has 0 radical (unpaired) electrons. The van der Waals surface area contributed by atoms with Crippen molar-refractivity contribution in [3.8, 4) is 0 Å². The lowest BCUT2D eigenvalue weighted by molar-refractivity contribution is 0.244. The van der Waals surface area contributed by atoms with Crippen LogP contribution in [0.5, 0.6) is 0 Å². The molecule has 0 saturated carbocycles. The van der Waals surface area contributed by atoms with Crippen molar-refractivity contribution >= 4 is 51.6 Å². The quantitative estimate of drug-likeness (QED) is 0.159. The van der Waals surface area contributed by atoms with Crippen LogP contribution in [-0.2, 0) is 0 Å². The maximum Gasteiger partial charge on any atom is 0.224 e. The van der Waals surface area contributed by atoms with Crippen LogP contribution >= 0.6 is 11.6 Å². The van der Waals surface area contributed by atoms with Gasteiger partial charge in [-0.3, -0.25) is 0 Å². The molecule has 2 unspecified atom stereocenters. The predicted molar refractivity (Wildman–Crippen MR) is 175 cm³/mol. The van der Waals surface area contributed by atoms with Gasteiger partial charge in [0.05, 0.1) is 24.7 Å². The normalized spacial score (nSPS) is 26.7. The molecule has 4 aromatic heterocycles. The predicted octanol–water partition coefficient (Wildman–Crippen LogP) is 2.66. The summed E-state index contributed by atoms with van der Waals surface area (Å²) in [7, 11) is 0. The van der Waals surface area contributed by atoms with E-state index in [1.165, 1.54) is 13.0 Å². The van der Waals surface area contributed by atoms with Crippen LogP contribution in [0.25, 0.3) is 22.3 Å². The highest BCUT2D eigenvalue weighted by Gasteiger charge is 2.30. The third kappa shape index (κ3) is 6.45. The van der Waals surface area contributed by atoms with Gasteiger partial charge in [0.15, 0.2) is 27.8 Å². The van der Waals surface area contributed by atoms with E-state index < -0.39 is 0 Å². The summed E-state index contributed by atoms with van der Waals surface area (Å²) in [6, 6.07) is 1.57. The molecule has 2 aliphatic carbocycles. The number of imidazole rings is 2. The fourth-order valence-electron chi connectivity index (χ4n) is 5.95. The molecule has 15 heteroatoms. The van der Waals surface area contributed by atoms with E-state index in [1.54, 1.807) is 6.33 Å². The van der Waals surface area contributed by atoms with Gasteiger partial charge in [-0.25, -0.2) is 9.97 Å². The summed E-state index contributed by atoms with van der Waals surface area (Å²) in [5.74, 6) is 1.64. The molecule has 4 aromatic rings. The van der Waals surface area contributed by atoms with Crippen molar-refractivity contribution in [3.63, 3.8) is 0 Å². The lowest BCUT2D eigenvalue weighted by Crippen LogP contribution is -2.46. The SMILES string of the molecule is CC1CCN1.CC1CCN1c1nc(N)nc2c1ncn2[C@H]1C=C[C@@H](CO)C1.Nc1nc(Cl)c2ncn([C@H]3C=C[C@@H](CO)C3)c2n1. The first-order valence-corrected chi connectivity index (χ1v) is 15.9. The lowest BCUT2D eigenvalue weighted by Gasteiger charge is -2.39. The standard InChI is InChI=1S/C15H20N6O.C11H12ClN5O.C4H9N/c1-9-4-5-20(9)13-12-14(19-15(16)18-13)21(8-17-12)11-3-2-10(6-11)7-22;12-9-8-10(16-11(13)15-9)17(5-14-8)7-2-1-6(3-7)4-18;1-4-2-3-5-4/h2-3,8-11,22H,4-7H2,1H3,(H2,16,18,19);1-2,5-7,18H,3-4H2,(H2,13,15,16);4-5H,2-3H2,1H3/t9?,10-,11+;6-,7+;/m11./s1. The number of allylic oxidation sites excluding steroid dienone is 2. The second-order valence-corrected chi connectivity index (χ2v) is 12.5. The Bertz CT molecular complexity index is 1700. The number of nitrogens with zero attached hydrogens (tertiary/aromatic N) is 9. The van der Waals surface area contributed by atoms with E-state index in [1.807, 2.05) is 27.6 Å². The third-order valence-electron chi connectivity index (χ3n) is 8.96. The van der Waals surface area contributed by atoms with Gasteiger partial charge in [0, 0.05) is 43.7 Å². The van der Waals surface area contributed by atoms with Gasteiger partial charge in [-0.15, -0.1) is 0 Å². The van der Waals surface area contributed by atoms with Crippen molar-refractivity contribution in [2.75, 3.05) is 42.7 Å². The number of aliphatic hydroxyl groups excluding tert-OH is 2.